The zero-order valence-electron chi connectivity index (χ0n) is 16.4. The molecule has 1 aliphatic heterocycles. The van der Waals surface area contributed by atoms with Crippen molar-refractivity contribution in [2.24, 2.45) is 0 Å². The van der Waals surface area contributed by atoms with Crippen molar-refractivity contribution in [2.75, 3.05) is 30.5 Å². The summed E-state index contributed by atoms with van der Waals surface area (Å²) >= 11 is 0. The number of anilines is 1. The van der Waals surface area contributed by atoms with Gasteiger partial charge in [0, 0.05) is 18.2 Å². The third kappa shape index (κ3) is 4.29. The normalized spacial score (nSPS) is 16.2. The number of aliphatic hydroxyl groups excluding tert-OH is 1. The van der Waals surface area contributed by atoms with Gasteiger partial charge in [-0.2, -0.15) is 0 Å². The fourth-order valence-corrected chi connectivity index (χ4v) is 5.68. The van der Waals surface area contributed by atoms with Crippen LogP contribution in [0.4, 0.5) is 5.69 Å². The molecular weight excluding hydrogens is 384 g/mol. The van der Waals surface area contributed by atoms with E-state index in [2.05, 4.69) is 0 Å². The third-order valence-corrected chi connectivity index (χ3v) is 7.37. The van der Waals surface area contributed by atoms with E-state index in [9.17, 15) is 13.5 Å². The molecule has 6 heteroatoms. The average Bonchev–Trinajstić information content (AvgIpc) is 3.25. The Labute approximate surface area is 172 Å². The molecule has 0 spiro atoms. The van der Waals surface area contributed by atoms with Crippen molar-refractivity contribution in [3.05, 3.63) is 72.8 Å². The molecule has 0 aliphatic carbocycles. The van der Waals surface area contributed by atoms with Gasteiger partial charge in [-0.1, -0.05) is 54.6 Å². The summed E-state index contributed by atoms with van der Waals surface area (Å²) in [4.78, 5) is 1.57. The fourth-order valence-electron chi connectivity index (χ4n) is 4.14. The smallest absolute Gasteiger partial charge is 0.264 e. The van der Waals surface area contributed by atoms with Gasteiger partial charge in [0.15, 0.2) is 0 Å². The highest BCUT2D eigenvalue weighted by Crippen LogP contribution is 2.31. The summed E-state index contributed by atoms with van der Waals surface area (Å²) in [6, 6.07) is 21.8. The highest BCUT2D eigenvalue weighted by atomic mass is 32.2. The lowest BCUT2D eigenvalue weighted by molar-refractivity contribution is -0.890. The Morgan fingerprint density at radius 3 is 2.31 bits per heavy atom. The molecule has 2 N–H and O–H groups in total. The van der Waals surface area contributed by atoms with Crippen molar-refractivity contribution < 1.29 is 18.4 Å². The Kier molecular flexibility index (Phi) is 5.85. The second kappa shape index (κ2) is 8.53. The molecule has 0 saturated carbocycles. The number of likely N-dealkylation sites (tertiary alicyclic amines) is 1. The minimum absolute atomic E-state index is 0.0364. The van der Waals surface area contributed by atoms with E-state index in [0.29, 0.717) is 12.2 Å². The first-order valence-corrected chi connectivity index (χ1v) is 11.6. The van der Waals surface area contributed by atoms with Crippen molar-refractivity contribution in [1.29, 1.82) is 0 Å². The number of sulfonamides is 1. The van der Waals surface area contributed by atoms with E-state index < -0.39 is 16.1 Å². The second-order valence-corrected chi connectivity index (χ2v) is 9.52. The molecule has 1 heterocycles. The molecule has 1 saturated heterocycles. The Balaban J connectivity index is 1.74. The summed E-state index contributed by atoms with van der Waals surface area (Å²) in [6.45, 7) is 2.67. The largest absolute Gasteiger partial charge is 0.385 e. The molecule has 4 rings (SSSR count). The molecule has 29 heavy (non-hydrogen) atoms. The number of benzene rings is 3. The molecule has 0 aromatic heterocycles. The van der Waals surface area contributed by atoms with Crippen LogP contribution in [0.3, 0.4) is 0 Å². The zero-order chi connectivity index (χ0) is 20.3. The number of fused-ring (bicyclic) bond motifs is 1. The van der Waals surface area contributed by atoms with Crippen LogP contribution >= 0.6 is 0 Å². The van der Waals surface area contributed by atoms with Crippen LogP contribution in [0.1, 0.15) is 12.8 Å². The van der Waals surface area contributed by atoms with E-state index >= 15 is 0 Å². The monoisotopic (exact) mass is 411 g/mol. The second-order valence-electron chi connectivity index (χ2n) is 7.66. The van der Waals surface area contributed by atoms with E-state index in [0.717, 1.165) is 36.7 Å². The van der Waals surface area contributed by atoms with Crippen molar-refractivity contribution in [3.8, 4) is 0 Å². The zero-order valence-corrected chi connectivity index (χ0v) is 17.2. The first kappa shape index (κ1) is 19.9. The number of nitrogens with zero attached hydrogens (tertiary/aromatic N) is 1. The molecule has 0 amide bonds. The van der Waals surface area contributed by atoms with Gasteiger partial charge < -0.3 is 10.0 Å². The van der Waals surface area contributed by atoms with Crippen LogP contribution in [0.15, 0.2) is 77.7 Å². The number of nitrogens with one attached hydrogen (secondary N) is 1. The highest BCUT2D eigenvalue weighted by Gasteiger charge is 2.30. The molecule has 0 radical (unpaired) electrons. The van der Waals surface area contributed by atoms with E-state index in [4.69, 9.17) is 0 Å². The third-order valence-electron chi connectivity index (χ3n) is 5.58. The molecule has 1 atom stereocenters. The molecule has 1 fully saturated rings. The Hall–Kier alpha value is -2.41. The molecule has 5 nitrogen and oxygen atoms in total. The summed E-state index contributed by atoms with van der Waals surface area (Å²) in [5, 5.41) is 12.6. The van der Waals surface area contributed by atoms with Crippen LogP contribution in [-0.2, 0) is 10.0 Å². The van der Waals surface area contributed by atoms with Gasteiger partial charge in [0.05, 0.1) is 30.2 Å². The van der Waals surface area contributed by atoms with Crippen molar-refractivity contribution in [3.63, 3.8) is 0 Å². The summed E-state index contributed by atoms with van der Waals surface area (Å²) < 4.78 is 28.5. The van der Waals surface area contributed by atoms with Gasteiger partial charge in [-0.3, -0.25) is 4.31 Å². The maximum absolute atomic E-state index is 13.6. The minimum Gasteiger partial charge on any atom is -0.385 e. The van der Waals surface area contributed by atoms with Crippen LogP contribution in [0.25, 0.3) is 10.8 Å². The van der Waals surface area contributed by atoms with Crippen molar-refractivity contribution in [2.45, 2.75) is 23.8 Å². The minimum atomic E-state index is -3.81. The molecule has 0 bridgehead atoms. The molecule has 3 aromatic rings. The van der Waals surface area contributed by atoms with Gasteiger partial charge in [0.1, 0.15) is 12.6 Å². The lowest BCUT2D eigenvalue weighted by Gasteiger charge is -2.28. The average molecular weight is 412 g/mol. The Morgan fingerprint density at radius 1 is 0.897 bits per heavy atom. The van der Waals surface area contributed by atoms with E-state index in [-0.39, 0.29) is 11.4 Å². The van der Waals surface area contributed by atoms with Gasteiger partial charge in [0.2, 0.25) is 0 Å². The van der Waals surface area contributed by atoms with Gasteiger partial charge in [-0.15, -0.1) is 0 Å². The van der Waals surface area contributed by atoms with Crippen molar-refractivity contribution in [1.82, 2.24) is 0 Å². The quantitative estimate of drug-likeness (QED) is 0.626. The summed E-state index contributed by atoms with van der Waals surface area (Å²) in [6.07, 6.45) is 1.59. The number of quaternary nitrogens is 1. The first-order valence-electron chi connectivity index (χ1n) is 10.1. The van der Waals surface area contributed by atoms with Gasteiger partial charge in [-0.25, -0.2) is 8.42 Å². The fraction of sp³-hybridized carbons (Fsp3) is 0.304. The molecule has 152 valence electrons. The number of aliphatic hydroxyl groups is 1. The Morgan fingerprint density at radius 2 is 1.55 bits per heavy atom. The molecule has 0 unspecified atom stereocenters. The van der Waals surface area contributed by atoms with Crippen LogP contribution < -0.4 is 9.21 Å². The maximum Gasteiger partial charge on any atom is 0.264 e. The van der Waals surface area contributed by atoms with Gasteiger partial charge in [-0.05, 0) is 23.6 Å². The number of hydrogen-bond donors (Lipinski definition) is 2. The molecule has 3 aromatic carbocycles. The highest BCUT2D eigenvalue weighted by molar-refractivity contribution is 7.92. The maximum atomic E-state index is 13.6. The SMILES string of the molecule is O=S(=O)(c1ccccc1)N(C[C@@H](O)C[NH+]1CCCC1)c1cccc2ccccc12. The van der Waals surface area contributed by atoms with Crippen LogP contribution in [0.2, 0.25) is 0 Å². The summed E-state index contributed by atoms with van der Waals surface area (Å²) in [7, 11) is -3.81. The summed E-state index contributed by atoms with van der Waals surface area (Å²) in [5.41, 5.74) is 0.599. The molecule has 1 aliphatic rings. The number of hydrogen-bond acceptors (Lipinski definition) is 3. The lowest BCUT2D eigenvalue weighted by Crippen LogP contribution is -3.11. The number of rotatable bonds is 7. The topological polar surface area (TPSA) is 62.0 Å². The predicted molar refractivity (Wildman–Crippen MR) is 116 cm³/mol. The van der Waals surface area contributed by atoms with E-state index in [1.165, 1.54) is 9.21 Å². The Bertz CT molecular complexity index is 1060. The van der Waals surface area contributed by atoms with E-state index in [1.807, 2.05) is 42.5 Å². The lowest BCUT2D eigenvalue weighted by atomic mass is 10.1. The first-order chi connectivity index (χ1) is 14.1. The van der Waals surface area contributed by atoms with Gasteiger partial charge >= 0.3 is 0 Å². The van der Waals surface area contributed by atoms with Crippen LogP contribution in [0, 0.1) is 0 Å². The molecular formula is C23H27N2O3S+. The van der Waals surface area contributed by atoms with Crippen LogP contribution in [0.5, 0.6) is 0 Å². The van der Waals surface area contributed by atoms with E-state index in [1.54, 1.807) is 30.3 Å². The van der Waals surface area contributed by atoms with Gasteiger partial charge in [0.25, 0.3) is 10.0 Å². The van der Waals surface area contributed by atoms with Crippen LogP contribution in [-0.4, -0.2) is 45.8 Å². The van der Waals surface area contributed by atoms with Crippen molar-refractivity contribution >= 4 is 26.5 Å². The standard InChI is InChI=1S/C23H26N2O3S/c26-20(17-24-15-6-7-16-24)18-25(29(27,28)21-11-2-1-3-12-21)23-14-8-10-19-9-4-5-13-22(19)23/h1-5,8-14,20,26H,6-7,15-18H2/p+1/t20-/m0/s1. The predicted octanol–water partition coefficient (Wildman–Crippen LogP) is 2.07. The summed E-state index contributed by atoms with van der Waals surface area (Å²) in [5.74, 6) is 0.